The van der Waals surface area contributed by atoms with E-state index in [9.17, 15) is 13.2 Å². The van der Waals surface area contributed by atoms with Crippen LogP contribution in [-0.2, 0) is 21.2 Å². The number of halogens is 1. The predicted molar refractivity (Wildman–Crippen MR) is 133 cm³/mol. The third-order valence-electron chi connectivity index (χ3n) is 4.70. The van der Waals surface area contributed by atoms with Crippen LogP contribution in [0.1, 0.15) is 19.4 Å². The molecule has 0 aromatic heterocycles. The summed E-state index contributed by atoms with van der Waals surface area (Å²) in [5, 5.41) is 2.99. The van der Waals surface area contributed by atoms with E-state index in [0.29, 0.717) is 12.1 Å². The molecule has 0 heterocycles. The first-order valence-electron chi connectivity index (χ1n) is 9.86. The van der Waals surface area contributed by atoms with Crippen LogP contribution >= 0.6 is 22.6 Å². The zero-order valence-corrected chi connectivity index (χ0v) is 20.4. The fourth-order valence-corrected chi connectivity index (χ4v) is 5.14. The van der Waals surface area contributed by atoms with E-state index < -0.39 is 15.6 Å². The minimum absolute atomic E-state index is 0.143. The Kier molecular flexibility index (Phi) is 7.38. The molecule has 0 aliphatic heterocycles. The minimum atomic E-state index is -3.91. The fourth-order valence-electron chi connectivity index (χ4n) is 3.34. The Morgan fingerprint density at radius 2 is 1.45 bits per heavy atom. The van der Waals surface area contributed by atoms with Crippen molar-refractivity contribution in [3.05, 3.63) is 94.1 Å². The van der Waals surface area contributed by atoms with E-state index in [4.69, 9.17) is 0 Å². The molecule has 5 nitrogen and oxygen atoms in total. The van der Waals surface area contributed by atoms with Crippen molar-refractivity contribution in [2.75, 3.05) is 10.8 Å². The molecule has 0 aliphatic rings. The van der Waals surface area contributed by atoms with Gasteiger partial charge in [0.1, 0.15) is 6.54 Å². The van der Waals surface area contributed by atoms with Gasteiger partial charge in [0.25, 0.3) is 10.0 Å². The number of benzene rings is 3. The highest BCUT2D eigenvalue weighted by molar-refractivity contribution is 14.1. The molecule has 0 unspecified atom stereocenters. The quantitative estimate of drug-likeness (QED) is 0.418. The van der Waals surface area contributed by atoms with Gasteiger partial charge < -0.3 is 5.32 Å². The van der Waals surface area contributed by atoms with E-state index in [1.165, 1.54) is 12.1 Å². The normalized spacial score (nSPS) is 11.7. The first-order chi connectivity index (χ1) is 14.7. The second kappa shape index (κ2) is 9.82. The number of hydrogen-bond donors (Lipinski definition) is 1. The summed E-state index contributed by atoms with van der Waals surface area (Å²) in [4.78, 5) is 13.1. The summed E-state index contributed by atoms with van der Waals surface area (Å²) >= 11 is 2.16. The van der Waals surface area contributed by atoms with Crippen molar-refractivity contribution in [1.29, 1.82) is 0 Å². The van der Waals surface area contributed by atoms with Crippen molar-refractivity contribution < 1.29 is 13.2 Å². The second-order valence-electron chi connectivity index (χ2n) is 7.90. The molecule has 1 amide bonds. The molecule has 3 rings (SSSR count). The van der Waals surface area contributed by atoms with Crippen LogP contribution in [0.3, 0.4) is 0 Å². The van der Waals surface area contributed by atoms with Gasteiger partial charge in [-0.1, -0.05) is 48.5 Å². The molecule has 0 saturated heterocycles. The molecule has 0 atom stereocenters. The highest BCUT2D eigenvalue weighted by atomic mass is 127. The number of rotatable bonds is 8. The van der Waals surface area contributed by atoms with E-state index in [2.05, 4.69) is 27.9 Å². The highest BCUT2D eigenvalue weighted by Gasteiger charge is 2.29. The van der Waals surface area contributed by atoms with Crippen LogP contribution in [0.25, 0.3) is 0 Å². The summed E-state index contributed by atoms with van der Waals surface area (Å²) in [7, 11) is -3.91. The molecule has 162 valence electrons. The van der Waals surface area contributed by atoms with E-state index in [-0.39, 0.29) is 17.3 Å². The molecule has 3 aromatic rings. The number of hydrogen-bond acceptors (Lipinski definition) is 3. The average molecular weight is 548 g/mol. The molecule has 0 fully saturated rings. The lowest BCUT2D eigenvalue weighted by molar-refractivity contribution is -0.121. The van der Waals surface area contributed by atoms with Gasteiger partial charge in [0, 0.05) is 9.11 Å². The maximum absolute atomic E-state index is 13.4. The summed E-state index contributed by atoms with van der Waals surface area (Å²) in [5.41, 5.74) is 1.01. The lowest BCUT2D eigenvalue weighted by Crippen LogP contribution is -2.50. The van der Waals surface area contributed by atoms with Gasteiger partial charge in [-0.3, -0.25) is 9.10 Å². The number of nitrogens with one attached hydrogen (secondary N) is 1. The third-order valence-corrected chi connectivity index (χ3v) is 7.21. The van der Waals surface area contributed by atoms with Crippen molar-refractivity contribution in [2.45, 2.75) is 30.7 Å². The van der Waals surface area contributed by atoms with Crippen LogP contribution in [0.5, 0.6) is 0 Å². The average Bonchev–Trinajstić information content (AvgIpc) is 2.73. The van der Waals surface area contributed by atoms with Gasteiger partial charge in [-0.2, -0.15) is 0 Å². The molecule has 3 aromatic carbocycles. The molecule has 0 bridgehead atoms. The maximum Gasteiger partial charge on any atom is 0.264 e. The summed E-state index contributed by atoms with van der Waals surface area (Å²) in [6, 6.07) is 25.1. The van der Waals surface area contributed by atoms with Crippen LogP contribution < -0.4 is 9.62 Å². The second-order valence-corrected chi connectivity index (χ2v) is 11.0. The molecular weight excluding hydrogens is 523 g/mol. The third kappa shape index (κ3) is 6.30. The molecule has 7 heteroatoms. The van der Waals surface area contributed by atoms with E-state index in [1.807, 2.05) is 56.3 Å². The molecule has 0 radical (unpaired) electrons. The zero-order valence-electron chi connectivity index (χ0n) is 17.5. The lowest BCUT2D eigenvalue weighted by Gasteiger charge is -2.29. The van der Waals surface area contributed by atoms with Crippen molar-refractivity contribution in [2.24, 2.45) is 0 Å². The molecular formula is C24H25IN2O3S. The Balaban J connectivity index is 1.84. The SMILES string of the molecule is CC(C)(Cc1ccccc1)NC(=O)CN(c1ccc(I)cc1)S(=O)(=O)c1ccccc1. The Morgan fingerprint density at radius 1 is 0.903 bits per heavy atom. The van der Waals surface area contributed by atoms with Gasteiger partial charge in [-0.15, -0.1) is 0 Å². The molecule has 0 saturated carbocycles. The van der Waals surface area contributed by atoms with Crippen molar-refractivity contribution in [3.63, 3.8) is 0 Å². The van der Waals surface area contributed by atoms with Crippen molar-refractivity contribution in [1.82, 2.24) is 5.32 Å². The number of carbonyl (C=O) groups is 1. The minimum Gasteiger partial charge on any atom is -0.349 e. The van der Waals surface area contributed by atoms with Crippen LogP contribution in [0, 0.1) is 3.57 Å². The Bertz CT molecular complexity index is 1120. The molecule has 0 aliphatic carbocycles. The predicted octanol–water partition coefficient (Wildman–Crippen LogP) is 4.62. The molecule has 31 heavy (non-hydrogen) atoms. The van der Waals surface area contributed by atoms with Crippen LogP contribution in [0.15, 0.2) is 89.8 Å². The summed E-state index contributed by atoms with van der Waals surface area (Å²) in [6.45, 7) is 3.55. The standard InChI is InChI=1S/C24H25IN2O3S/c1-24(2,17-19-9-5-3-6-10-19)26-23(28)18-27(21-15-13-20(25)14-16-21)31(29,30)22-11-7-4-8-12-22/h3-16H,17-18H2,1-2H3,(H,26,28). The highest BCUT2D eigenvalue weighted by Crippen LogP contribution is 2.24. The largest absolute Gasteiger partial charge is 0.349 e. The van der Waals surface area contributed by atoms with Crippen molar-refractivity contribution in [3.8, 4) is 0 Å². The molecule has 0 spiro atoms. The van der Waals surface area contributed by atoms with Gasteiger partial charge in [0.15, 0.2) is 0 Å². The maximum atomic E-state index is 13.4. The number of amides is 1. The van der Waals surface area contributed by atoms with Crippen LogP contribution in [0.2, 0.25) is 0 Å². The van der Waals surface area contributed by atoms with Gasteiger partial charge in [0.2, 0.25) is 5.91 Å². The zero-order chi connectivity index (χ0) is 22.5. The Labute approximate surface area is 197 Å². The van der Waals surface area contributed by atoms with Gasteiger partial charge in [0.05, 0.1) is 10.6 Å². The number of anilines is 1. The first-order valence-corrected chi connectivity index (χ1v) is 12.4. The monoisotopic (exact) mass is 548 g/mol. The number of carbonyl (C=O) groups excluding carboxylic acids is 1. The van der Waals surface area contributed by atoms with E-state index >= 15 is 0 Å². The van der Waals surface area contributed by atoms with E-state index in [0.717, 1.165) is 13.4 Å². The Morgan fingerprint density at radius 3 is 2.03 bits per heavy atom. The van der Waals surface area contributed by atoms with Crippen LogP contribution in [0.4, 0.5) is 5.69 Å². The molecule has 1 N–H and O–H groups in total. The van der Waals surface area contributed by atoms with Gasteiger partial charge in [-0.05, 0) is 84.8 Å². The number of sulfonamides is 1. The number of nitrogens with zero attached hydrogens (tertiary/aromatic N) is 1. The van der Waals surface area contributed by atoms with E-state index in [1.54, 1.807) is 30.3 Å². The summed E-state index contributed by atoms with van der Waals surface area (Å²) < 4.78 is 28.8. The van der Waals surface area contributed by atoms with Gasteiger partial charge >= 0.3 is 0 Å². The topological polar surface area (TPSA) is 66.5 Å². The summed E-state index contributed by atoms with van der Waals surface area (Å²) in [6.07, 6.45) is 0.633. The van der Waals surface area contributed by atoms with Gasteiger partial charge in [-0.25, -0.2) is 8.42 Å². The first kappa shape index (κ1) is 23.3. The van der Waals surface area contributed by atoms with Crippen molar-refractivity contribution >= 4 is 44.2 Å². The fraction of sp³-hybridized carbons (Fsp3) is 0.208. The summed E-state index contributed by atoms with van der Waals surface area (Å²) in [5.74, 6) is -0.362. The smallest absolute Gasteiger partial charge is 0.264 e. The lowest BCUT2D eigenvalue weighted by atomic mass is 9.95. The van der Waals surface area contributed by atoms with Crippen LogP contribution in [-0.4, -0.2) is 26.4 Å². The Hall–Kier alpha value is -2.39.